The first-order valence-corrected chi connectivity index (χ1v) is 6.82. The van der Waals surface area contributed by atoms with Crippen LogP contribution in [-0.2, 0) is 4.79 Å². The molecule has 1 aromatic rings. The Morgan fingerprint density at radius 1 is 1.16 bits per heavy atom. The van der Waals surface area contributed by atoms with Crippen LogP contribution < -0.4 is 4.90 Å². The lowest BCUT2D eigenvalue weighted by molar-refractivity contribution is -0.119. The molecule has 4 heteroatoms. The molecule has 1 fully saturated rings. The second-order valence-corrected chi connectivity index (χ2v) is 4.86. The van der Waals surface area contributed by atoms with E-state index in [1.54, 1.807) is 4.90 Å². The summed E-state index contributed by atoms with van der Waals surface area (Å²) in [6.07, 6.45) is 1.52. The number of benzene rings is 1. The number of urea groups is 1. The van der Waals surface area contributed by atoms with Gasteiger partial charge in [0.15, 0.2) is 0 Å². The van der Waals surface area contributed by atoms with Gasteiger partial charge in [0.2, 0.25) is 0 Å². The fourth-order valence-corrected chi connectivity index (χ4v) is 2.56. The molecule has 2 rings (SSSR count). The van der Waals surface area contributed by atoms with Crippen LogP contribution in [0.4, 0.5) is 10.5 Å². The Balaban J connectivity index is 2.39. The summed E-state index contributed by atoms with van der Waals surface area (Å²) in [6, 6.07) is 7.00. The molecule has 0 radical (unpaired) electrons. The third-order valence-electron chi connectivity index (χ3n) is 3.53. The molecule has 1 heterocycles. The van der Waals surface area contributed by atoms with E-state index in [2.05, 4.69) is 0 Å². The summed E-state index contributed by atoms with van der Waals surface area (Å²) in [7, 11) is 0. The zero-order chi connectivity index (χ0) is 14.0. The second kappa shape index (κ2) is 5.43. The van der Waals surface area contributed by atoms with Crippen LogP contribution in [0, 0.1) is 6.92 Å². The second-order valence-electron chi connectivity index (χ2n) is 4.86. The molecule has 0 N–H and O–H groups in total. The summed E-state index contributed by atoms with van der Waals surface area (Å²) in [4.78, 5) is 27.9. The molecular formula is C15H20N2O2. The average molecular weight is 260 g/mol. The van der Waals surface area contributed by atoms with Gasteiger partial charge in [-0.05, 0) is 31.4 Å². The number of carbonyl (C=O) groups excluding carboxylic acids is 2. The van der Waals surface area contributed by atoms with E-state index in [-0.39, 0.29) is 18.0 Å². The standard InChI is InChI=1S/C15H20N2O2/c1-4-10-16-12(5-2)14(18)17(15(16)19)13-9-7-6-8-11(13)3/h6-9,12H,4-5,10H2,1-3H3/t12-/m1/s1. The van der Waals surface area contributed by atoms with Crippen molar-refractivity contribution in [1.82, 2.24) is 4.90 Å². The van der Waals surface area contributed by atoms with Gasteiger partial charge in [-0.2, -0.15) is 0 Å². The minimum atomic E-state index is -0.313. The first kappa shape index (κ1) is 13.6. The lowest BCUT2D eigenvalue weighted by Gasteiger charge is -2.20. The molecule has 0 saturated carbocycles. The van der Waals surface area contributed by atoms with E-state index in [9.17, 15) is 9.59 Å². The van der Waals surface area contributed by atoms with Crippen molar-refractivity contribution in [1.29, 1.82) is 0 Å². The molecule has 19 heavy (non-hydrogen) atoms. The van der Waals surface area contributed by atoms with Gasteiger partial charge in [0, 0.05) is 6.54 Å². The number of rotatable bonds is 4. The summed E-state index contributed by atoms with van der Waals surface area (Å²) in [5, 5.41) is 0. The van der Waals surface area contributed by atoms with Crippen LogP contribution in [0.2, 0.25) is 0 Å². The Morgan fingerprint density at radius 2 is 1.84 bits per heavy atom. The van der Waals surface area contributed by atoms with Crippen LogP contribution in [0.1, 0.15) is 32.3 Å². The number of imide groups is 1. The summed E-state index contributed by atoms with van der Waals surface area (Å²) >= 11 is 0. The highest BCUT2D eigenvalue weighted by atomic mass is 16.2. The highest BCUT2D eigenvalue weighted by Gasteiger charge is 2.44. The quantitative estimate of drug-likeness (QED) is 0.781. The smallest absolute Gasteiger partial charge is 0.312 e. The van der Waals surface area contributed by atoms with Gasteiger partial charge < -0.3 is 4.90 Å². The van der Waals surface area contributed by atoms with Crippen LogP contribution in [0.3, 0.4) is 0 Å². The molecule has 4 nitrogen and oxygen atoms in total. The number of carbonyl (C=O) groups is 2. The first-order chi connectivity index (χ1) is 9.11. The number of amides is 3. The lowest BCUT2D eigenvalue weighted by atomic mass is 10.1. The van der Waals surface area contributed by atoms with Crippen LogP contribution in [0.5, 0.6) is 0 Å². The molecule has 1 aliphatic heterocycles. The number of nitrogens with zero attached hydrogens (tertiary/aromatic N) is 2. The normalized spacial score (nSPS) is 19.4. The molecule has 0 unspecified atom stereocenters. The minimum absolute atomic E-state index is 0.102. The van der Waals surface area contributed by atoms with Gasteiger partial charge >= 0.3 is 6.03 Å². The molecule has 0 bridgehead atoms. The SMILES string of the molecule is CCCN1C(=O)N(c2ccccc2C)C(=O)[C@H]1CC. The van der Waals surface area contributed by atoms with E-state index in [1.165, 1.54) is 4.90 Å². The number of anilines is 1. The Morgan fingerprint density at radius 3 is 2.42 bits per heavy atom. The van der Waals surface area contributed by atoms with E-state index in [0.717, 1.165) is 12.0 Å². The summed E-state index contributed by atoms with van der Waals surface area (Å²) < 4.78 is 0. The highest BCUT2D eigenvalue weighted by Crippen LogP contribution is 2.28. The van der Waals surface area contributed by atoms with E-state index in [4.69, 9.17) is 0 Å². The van der Waals surface area contributed by atoms with Crippen LogP contribution in [0.25, 0.3) is 0 Å². The molecule has 1 saturated heterocycles. The topological polar surface area (TPSA) is 40.6 Å². The maximum absolute atomic E-state index is 12.5. The van der Waals surface area contributed by atoms with Crippen molar-refractivity contribution in [3.63, 3.8) is 0 Å². The van der Waals surface area contributed by atoms with Crippen molar-refractivity contribution < 1.29 is 9.59 Å². The maximum Gasteiger partial charge on any atom is 0.332 e. The molecular weight excluding hydrogens is 240 g/mol. The molecule has 0 aromatic heterocycles. The fourth-order valence-electron chi connectivity index (χ4n) is 2.56. The number of aryl methyl sites for hydroxylation is 1. The average Bonchev–Trinajstić information content (AvgIpc) is 2.63. The molecule has 1 atom stereocenters. The first-order valence-electron chi connectivity index (χ1n) is 6.82. The van der Waals surface area contributed by atoms with Crippen molar-refractivity contribution in [3.05, 3.63) is 29.8 Å². The summed E-state index contributed by atoms with van der Waals surface area (Å²) in [6.45, 7) is 6.51. The lowest BCUT2D eigenvalue weighted by Crippen LogP contribution is -2.35. The number of para-hydroxylation sites is 1. The fraction of sp³-hybridized carbons (Fsp3) is 0.467. The Bertz CT molecular complexity index is 499. The van der Waals surface area contributed by atoms with E-state index in [0.29, 0.717) is 18.7 Å². The van der Waals surface area contributed by atoms with Crippen LogP contribution in [-0.4, -0.2) is 29.4 Å². The third-order valence-corrected chi connectivity index (χ3v) is 3.53. The summed E-state index contributed by atoms with van der Waals surface area (Å²) in [5.41, 5.74) is 1.65. The Kier molecular flexibility index (Phi) is 3.88. The van der Waals surface area contributed by atoms with Gasteiger partial charge in [-0.25, -0.2) is 9.69 Å². The van der Waals surface area contributed by atoms with Gasteiger partial charge in [-0.3, -0.25) is 4.79 Å². The van der Waals surface area contributed by atoms with Crippen LogP contribution in [0.15, 0.2) is 24.3 Å². The minimum Gasteiger partial charge on any atom is -0.312 e. The van der Waals surface area contributed by atoms with Gasteiger partial charge in [-0.1, -0.05) is 32.0 Å². The van der Waals surface area contributed by atoms with E-state index >= 15 is 0 Å². The molecule has 3 amide bonds. The third kappa shape index (κ3) is 2.23. The van der Waals surface area contributed by atoms with E-state index in [1.807, 2.05) is 45.0 Å². The Hall–Kier alpha value is -1.84. The molecule has 0 spiro atoms. The number of hydrogen-bond donors (Lipinski definition) is 0. The summed E-state index contributed by atoms with van der Waals surface area (Å²) in [5.74, 6) is -0.102. The van der Waals surface area contributed by atoms with Gasteiger partial charge in [0.25, 0.3) is 5.91 Å². The monoisotopic (exact) mass is 260 g/mol. The van der Waals surface area contributed by atoms with Crippen LogP contribution >= 0.6 is 0 Å². The van der Waals surface area contributed by atoms with Crippen molar-refractivity contribution >= 4 is 17.6 Å². The predicted molar refractivity (Wildman–Crippen MR) is 75.1 cm³/mol. The van der Waals surface area contributed by atoms with Gasteiger partial charge in [-0.15, -0.1) is 0 Å². The van der Waals surface area contributed by atoms with Crippen molar-refractivity contribution in [2.75, 3.05) is 11.4 Å². The molecule has 1 aromatic carbocycles. The largest absolute Gasteiger partial charge is 0.332 e. The van der Waals surface area contributed by atoms with Gasteiger partial charge in [0.1, 0.15) is 6.04 Å². The molecule has 1 aliphatic rings. The number of hydrogen-bond acceptors (Lipinski definition) is 2. The maximum atomic E-state index is 12.5. The predicted octanol–water partition coefficient (Wildman–Crippen LogP) is 2.95. The van der Waals surface area contributed by atoms with Crippen molar-refractivity contribution in [2.24, 2.45) is 0 Å². The molecule has 102 valence electrons. The molecule has 0 aliphatic carbocycles. The van der Waals surface area contributed by atoms with Gasteiger partial charge in [0.05, 0.1) is 5.69 Å². The highest BCUT2D eigenvalue weighted by molar-refractivity contribution is 6.21. The van der Waals surface area contributed by atoms with E-state index < -0.39 is 0 Å². The van der Waals surface area contributed by atoms with Crippen molar-refractivity contribution in [3.8, 4) is 0 Å². The van der Waals surface area contributed by atoms with Crippen molar-refractivity contribution in [2.45, 2.75) is 39.7 Å². The Labute approximate surface area is 114 Å². The zero-order valence-electron chi connectivity index (χ0n) is 11.7. The zero-order valence-corrected chi connectivity index (χ0v) is 11.7.